The first-order chi connectivity index (χ1) is 7.89. The molecule has 11 nitrogen and oxygen atoms in total. The van der Waals surface area contributed by atoms with Gasteiger partial charge in [0.2, 0.25) is 17.7 Å². The molecule has 1 aromatic rings. The summed E-state index contributed by atoms with van der Waals surface area (Å²) >= 11 is 0. The van der Waals surface area contributed by atoms with E-state index in [-0.39, 0.29) is 29.6 Å². The Balaban J connectivity index is 2.54. The smallest absolute Gasteiger partial charge is 0.270 e. The molecule has 0 aromatic carbocycles. The summed E-state index contributed by atoms with van der Waals surface area (Å²) in [4.78, 5) is 18.9. The zero-order valence-electron chi connectivity index (χ0n) is 8.62. The SMILES string of the molecule is NC1=NC(N)(c2nc(N)nc(N)n2)N=C(N)N1. The molecule has 17 heavy (non-hydrogen) atoms. The summed E-state index contributed by atoms with van der Waals surface area (Å²) in [7, 11) is 0. The quantitative estimate of drug-likeness (QED) is 0.284. The maximum atomic E-state index is 5.86. The maximum Gasteiger partial charge on any atom is 0.270 e. The van der Waals surface area contributed by atoms with E-state index in [0.29, 0.717) is 0 Å². The zero-order chi connectivity index (χ0) is 12.6. The number of nitrogens with zero attached hydrogens (tertiary/aromatic N) is 5. The molecule has 90 valence electrons. The second-order valence-electron chi connectivity index (χ2n) is 3.22. The van der Waals surface area contributed by atoms with Gasteiger partial charge in [0.1, 0.15) is 0 Å². The summed E-state index contributed by atoms with van der Waals surface area (Å²) < 4.78 is 0. The molecule has 11 heteroatoms. The van der Waals surface area contributed by atoms with Crippen molar-refractivity contribution in [3.8, 4) is 0 Å². The minimum absolute atomic E-state index is 0.0162. The van der Waals surface area contributed by atoms with Crippen molar-refractivity contribution >= 4 is 23.8 Å². The van der Waals surface area contributed by atoms with Gasteiger partial charge < -0.3 is 22.9 Å². The Morgan fingerprint density at radius 3 is 1.76 bits per heavy atom. The molecule has 0 unspecified atom stereocenters. The number of hydrogen-bond acceptors (Lipinski definition) is 11. The van der Waals surface area contributed by atoms with Crippen LogP contribution in [0.5, 0.6) is 0 Å². The van der Waals surface area contributed by atoms with Gasteiger partial charge in [-0.1, -0.05) is 0 Å². The Kier molecular flexibility index (Phi) is 2.17. The van der Waals surface area contributed by atoms with Crippen molar-refractivity contribution in [1.82, 2.24) is 20.3 Å². The van der Waals surface area contributed by atoms with Gasteiger partial charge in [-0.05, 0) is 0 Å². The Morgan fingerprint density at radius 2 is 1.29 bits per heavy atom. The van der Waals surface area contributed by atoms with Gasteiger partial charge in [-0.3, -0.25) is 11.1 Å². The largest absolute Gasteiger partial charge is 0.369 e. The highest BCUT2D eigenvalue weighted by molar-refractivity contribution is 5.98. The van der Waals surface area contributed by atoms with Crippen molar-refractivity contribution in [2.24, 2.45) is 27.2 Å². The monoisotopic (exact) mass is 237 g/mol. The average molecular weight is 237 g/mol. The lowest BCUT2D eigenvalue weighted by Crippen LogP contribution is -2.52. The molecule has 0 saturated heterocycles. The molecule has 0 amide bonds. The third-order valence-corrected chi connectivity index (χ3v) is 1.84. The van der Waals surface area contributed by atoms with Crippen LogP contribution in [0.3, 0.4) is 0 Å². The second-order valence-corrected chi connectivity index (χ2v) is 3.22. The fourth-order valence-corrected chi connectivity index (χ4v) is 1.25. The molecule has 0 fully saturated rings. The van der Waals surface area contributed by atoms with E-state index >= 15 is 0 Å². The molecule has 1 aromatic heterocycles. The lowest BCUT2D eigenvalue weighted by molar-refractivity contribution is 0.452. The summed E-state index contributed by atoms with van der Waals surface area (Å²) in [6.07, 6.45) is 0. The van der Waals surface area contributed by atoms with E-state index in [1.807, 2.05) is 0 Å². The molecule has 0 saturated carbocycles. The predicted octanol–water partition coefficient (Wildman–Crippen LogP) is -3.66. The van der Waals surface area contributed by atoms with Gasteiger partial charge in [-0.15, -0.1) is 0 Å². The average Bonchev–Trinajstić information content (AvgIpc) is 2.13. The van der Waals surface area contributed by atoms with Crippen LogP contribution in [0.4, 0.5) is 11.9 Å². The first-order valence-electron chi connectivity index (χ1n) is 4.43. The summed E-state index contributed by atoms with van der Waals surface area (Å²) in [6, 6.07) is 0. The number of nitrogens with two attached hydrogens (primary N) is 5. The Morgan fingerprint density at radius 1 is 0.824 bits per heavy atom. The van der Waals surface area contributed by atoms with E-state index in [9.17, 15) is 0 Å². The Bertz CT molecular complexity index is 478. The number of nitrogens with one attached hydrogen (secondary N) is 1. The molecule has 0 radical (unpaired) electrons. The van der Waals surface area contributed by atoms with Crippen molar-refractivity contribution in [3.63, 3.8) is 0 Å². The Hall–Kier alpha value is -2.69. The lowest BCUT2D eigenvalue weighted by Gasteiger charge is -2.24. The van der Waals surface area contributed by atoms with Crippen molar-refractivity contribution < 1.29 is 0 Å². The number of aromatic nitrogens is 3. The Labute approximate surface area is 95.2 Å². The van der Waals surface area contributed by atoms with Crippen LogP contribution in [0, 0.1) is 0 Å². The predicted molar refractivity (Wildman–Crippen MR) is 60.9 cm³/mol. The molecule has 1 aliphatic heterocycles. The van der Waals surface area contributed by atoms with Gasteiger partial charge in [0.25, 0.3) is 5.79 Å². The molecule has 0 atom stereocenters. The third-order valence-electron chi connectivity index (χ3n) is 1.84. The molecule has 0 bridgehead atoms. The van der Waals surface area contributed by atoms with Crippen LogP contribution in [0.25, 0.3) is 0 Å². The van der Waals surface area contributed by atoms with Gasteiger partial charge >= 0.3 is 0 Å². The molecule has 2 heterocycles. The maximum absolute atomic E-state index is 5.86. The highest BCUT2D eigenvalue weighted by atomic mass is 15.4. The van der Waals surface area contributed by atoms with Gasteiger partial charge in [0.15, 0.2) is 11.9 Å². The lowest BCUT2D eigenvalue weighted by atomic mass is 10.3. The second kappa shape index (κ2) is 3.41. The summed E-state index contributed by atoms with van der Waals surface area (Å²) in [5.74, 6) is -1.94. The van der Waals surface area contributed by atoms with E-state index < -0.39 is 5.79 Å². The van der Waals surface area contributed by atoms with Crippen molar-refractivity contribution in [3.05, 3.63) is 5.82 Å². The van der Waals surface area contributed by atoms with Crippen LogP contribution in [0.15, 0.2) is 9.98 Å². The van der Waals surface area contributed by atoms with Gasteiger partial charge in [-0.2, -0.15) is 24.9 Å². The van der Waals surface area contributed by atoms with Gasteiger partial charge in [0.05, 0.1) is 0 Å². The highest BCUT2D eigenvalue weighted by Crippen LogP contribution is 2.20. The minimum atomic E-state index is -1.66. The van der Waals surface area contributed by atoms with E-state index in [1.54, 1.807) is 0 Å². The summed E-state index contributed by atoms with van der Waals surface area (Å²) in [5, 5.41) is 2.48. The van der Waals surface area contributed by atoms with Crippen LogP contribution in [0.2, 0.25) is 0 Å². The molecule has 11 N–H and O–H groups in total. The molecular weight excluding hydrogens is 226 g/mol. The molecular formula is C6H11N11. The molecule has 0 spiro atoms. The van der Waals surface area contributed by atoms with E-state index in [4.69, 9.17) is 28.7 Å². The molecule has 0 aliphatic carbocycles. The van der Waals surface area contributed by atoms with Crippen LogP contribution < -0.4 is 34.0 Å². The first-order valence-corrected chi connectivity index (χ1v) is 4.43. The molecule has 1 aliphatic rings. The van der Waals surface area contributed by atoms with E-state index in [1.165, 1.54) is 0 Å². The van der Waals surface area contributed by atoms with Crippen molar-refractivity contribution in [1.29, 1.82) is 0 Å². The number of anilines is 2. The first kappa shape index (κ1) is 10.8. The number of aliphatic imine (C=N–C) groups is 2. The van der Waals surface area contributed by atoms with Crippen LogP contribution in [-0.2, 0) is 5.79 Å². The van der Waals surface area contributed by atoms with E-state index in [2.05, 4.69) is 30.3 Å². The van der Waals surface area contributed by atoms with Crippen molar-refractivity contribution in [2.75, 3.05) is 11.5 Å². The molecule has 2 rings (SSSR count). The fraction of sp³-hybridized carbons (Fsp3) is 0.167. The number of guanidine groups is 2. The summed E-state index contributed by atoms with van der Waals surface area (Å²) in [5.41, 5.74) is 27.7. The third kappa shape index (κ3) is 1.98. The standard InChI is InChI=1S/C6H11N11/c7-2-12-1(13-3(8)14-2)6(11)16-4(9)15-5(10)17-6/h11H2,(H4,7,8,12,13,14)(H5,9,10,15,16,17). The number of nitrogen functional groups attached to an aromatic ring is 2. The van der Waals surface area contributed by atoms with E-state index in [0.717, 1.165) is 0 Å². The number of rotatable bonds is 1. The highest BCUT2D eigenvalue weighted by Gasteiger charge is 2.34. The van der Waals surface area contributed by atoms with Gasteiger partial charge in [-0.25, -0.2) is 0 Å². The normalized spacial score (nSPS) is 17.9. The van der Waals surface area contributed by atoms with Gasteiger partial charge in [0, 0.05) is 0 Å². The minimum Gasteiger partial charge on any atom is -0.369 e. The van der Waals surface area contributed by atoms with Crippen LogP contribution >= 0.6 is 0 Å². The van der Waals surface area contributed by atoms with Crippen molar-refractivity contribution in [2.45, 2.75) is 5.79 Å². The topological polar surface area (TPSA) is 206 Å². The number of hydrogen-bond donors (Lipinski definition) is 6. The van der Waals surface area contributed by atoms with Crippen LogP contribution in [-0.4, -0.2) is 26.9 Å². The van der Waals surface area contributed by atoms with Crippen LogP contribution in [0.1, 0.15) is 5.82 Å². The summed E-state index contributed by atoms with van der Waals surface area (Å²) in [6.45, 7) is 0. The zero-order valence-corrected chi connectivity index (χ0v) is 8.62. The fourth-order valence-electron chi connectivity index (χ4n) is 1.25.